The molecule has 0 aromatic heterocycles. The summed E-state index contributed by atoms with van der Waals surface area (Å²) in [6.07, 6.45) is 3.43. The Morgan fingerprint density at radius 3 is 2.44 bits per heavy atom. The zero-order valence-corrected chi connectivity index (χ0v) is 11.8. The number of anilines is 1. The monoisotopic (exact) mass is 264 g/mol. The van der Waals surface area contributed by atoms with E-state index in [4.69, 9.17) is 12.2 Å². The second kappa shape index (κ2) is 7.82. The van der Waals surface area contributed by atoms with Gasteiger partial charge in [-0.3, -0.25) is 4.79 Å². The molecule has 1 aromatic carbocycles. The second-order valence-electron chi connectivity index (χ2n) is 4.16. The maximum Gasteiger partial charge on any atom is 0.226 e. The molecule has 2 N–H and O–H groups in total. The van der Waals surface area contributed by atoms with Crippen molar-refractivity contribution >= 4 is 28.9 Å². The molecule has 0 unspecified atom stereocenters. The van der Waals surface area contributed by atoms with Gasteiger partial charge in [-0.1, -0.05) is 32.4 Å². The Morgan fingerprint density at radius 1 is 1.22 bits per heavy atom. The van der Waals surface area contributed by atoms with Crippen LogP contribution in [0.2, 0.25) is 0 Å². The van der Waals surface area contributed by atoms with Crippen LogP contribution in [0.15, 0.2) is 24.3 Å². The molecular weight excluding hydrogens is 244 g/mol. The molecule has 18 heavy (non-hydrogen) atoms. The minimum atomic E-state index is -0.0282. The number of unbranched alkanes of at least 4 members (excludes halogenated alkanes) is 1. The van der Waals surface area contributed by atoms with Gasteiger partial charge >= 0.3 is 0 Å². The second-order valence-corrected chi connectivity index (χ2v) is 4.56. The highest BCUT2D eigenvalue weighted by Crippen LogP contribution is 2.09. The minimum absolute atomic E-state index is 0.0282. The molecule has 0 fully saturated rings. The molecule has 0 aliphatic carbocycles. The lowest BCUT2D eigenvalue weighted by Crippen LogP contribution is -2.33. The molecule has 0 heterocycles. The molecule has 98 valence electrons. The number of carbonyl (C=O) groups excluding carboxylic acids is 1. The van der Waals surface area contributed by atoms with Gasteiger partial charge in [-0.05, 0) is 42.8 Å². The summed E-state index contributed by atoms with van der Waals surface area (Å²) in [4.78, 5) is 11.5. The Balaban J connectivity index is 2.41. The topological polar surface area (TPSA) is 41.1 Å². The van der Waals surface area contributed by atoms with Crippen molar-refractivity contribution in [2.24, 2.45) is 0 Å². The van der Waals surface area contributed by atoms with Crippen LogP contribution in [0.3, 0.4) is 0 Å². The first-order valence-corrected chi connectivity index (χ1v) is 6.76. The van der Waals surface area contributed by atoms with Crippen molar-refractivity contribution in [1.82, 2.24) is 5.32 Å². The standard InChI is InChI=1S/C14H20N2OS/c1-3-5-6-13(17)16-14(18)15-12-9-7-11(4-2)8-10-12/h7-10H,3-6H2,1-2H3,(H2,15,16,17,18). The van der Waals surface area contributed by atoms with Crippen molar-refractivity contribution in [1.29, 1.82) is 0 Å². The highest BCUT2D eigenvalue weighted by atomic mass is 32.1. The Kier molecular flexibility index (Phi) is 6.36. The van der Waals surface area contributed by atoms with Crippen molar-refractivity contribution < 1.29 is 4.79 Å². The molecule has 0 aliphatic rings. The van der Waals surface area contributed by atoms with E-state index in [1.807, 2.05) is 24.3 Å². The third-order valence-corrected chi connectivity index (χ3v) is 2.83. The third-order valence-electron chi connectivity index (χ3n) is 2.63. The molecule has 1 amide bonds. The van der Waals surface area contributed by atoms with Crippen molar-refractivity contribution in [3.05, 3.63) is 29.8 Å². The fraction of sp³-hybridized carbons (Fsp3) is 0.429. The van der Waals surface area contributed by atoms with Crippen molar-refractivity contribution in [2.45, 2.75) is 39.5 Å². The van der Waals surface area contributed by atoms with Crippen LogP contribution in [0.4, 0.5) is 5.69 Å². The van der Waals surface area contributed by atoms with Gasteiger partial charge in [0.1, 0.15) is 0 Å². The van der Waals surface area contributed by atoms with Gasteiger partial charge in [0.15, 0.2) is 5.11 Å². The molecular formula is C14H20N2OS. The lowest BCUT2D eigenvalue weighted by Gasteiger charge is -2.09. The van der Waals surface area contributed by atoms with E-state index in [1.165, 1.54) is 5.56 Å². The van der Waals surface area contributed by atoms with E-state index in [-0.39, 0.29) is 5.91 Å². The van der Waals surface area contributed by atoms with E-state index in [2.05, 4.69) is 24.5 Å². The SMILES string of the molecule is CCCCC(=O)NC(=S)Nc1ccc(CC)cc1. The van der Waals surface area contributed by atoms with Gasteiger partial charge in [0.05, 0.1) is 0 Å². The Morgan fingerprint density at radius 2 is 1.89 bits per heavy atom. The van der Waals surface area contributed by atoms with Crippen LogP contribution in [0.25, 0.3) is 0 Å². The number of aryl methyl sites for hydroxylation is 1. The molecule has 1 aromatic rings. The van der Waals surface area contributed by atoms with E-state index < -0.39 is 0 Å². The number of thiocarbonyl (C=S) groups is 1. The van der Waals surface area contributed by atoms with Crippen LogP contribution in [0.5, 0.6) is 0 Å². The molecule has 0 aliphatic heterocycles. The first kappa shape index (κ1) is 14.6. The predicted octanol–water partition coefficient (Wildman–Crippen LogP) is 3.25. The van der Waals surface area contributed by atoms with E-state index >= 15 is 0 Å². The first-order valence-electron chi connectivity index (χ1n) is 6.35. The average Bonchev–Trinajstić information content (AvgIpc) is 2.37. The van der Waals surface area contributed by atoms with Gasteiger partial charge in [-0.15, -0.1) is 0 Å². The van der Waals surface area contributed by atoms with Crippen LogP contribution < -0.4 is 10.6 Å². The molecule has 0 spiro atoms. The number of amides is 1. The summed E-state index contributed by atoms with van der Waals surface area (Å²) in [5.41, 5.74) is 2.17. The summed E-state index contributed by atoms with van der Waals surface area (Å²) in [6.45, 7) is 4.17. The highest BCUT2D eigenvalue weighted by Gasteiger charge is 2.03. The number of hydrogen-bond acceptors (Lipinski definition) is 2. The van der Waals surface area contributed by atoms with Crippen LogP contribution >= 0.6 is 12.2 Å². The summed E-state index contributed by atoms with van der Waals surface area (Å²) in [6, 6.07) is 8.01. The molecule has 0 saturated carbocycles. The highest BCUT2D eigenvalue weighted by molar-refractivity contribution is 7.80. The normalized spacial score (nSPS) is 9.89. The third kappa shape index (κ3) is 5.27. The zero-order valence-electron chi connectivity index (χ0n) is 11.0. The van der Waals surface area contributed by atoms with E-state index in [1.54, 1.807) is 0 Å². The molecule has 0 bridgehead atoms. The van der Waals surface area contributed by atoms with Crippen molar-refractivity contribution in [3.8, 4) is 0 Å². The number of hydrogen-bond donors (Lipinski definition) is 2. The summed E-state index contributed by atoms with van der Waals surface area (Å²) in [5, 5.41) is 6.03. The van der Waals surface area contributed by atoms with Crippen molar-refractivity contribution in [2.75, 3.05) is 5.32 Å². The number of benzene rings is 1. The summed E-state index contributed by atoms with van der Waals surface area (Å²) < 4.78 is 0. The van der Waals surface area contributed by atoms with E-state index in [0.29, 0.717) is 11.5 Å². The van der Waals surface area contributed by atoms with Gasteiger partial charge in [-0.25, -0.2) is 0 Å². The smallest absolute Gasteiger partial charge is 0.226 e. The van der Waals surface area contributed by atoms with E-state index in [0.717, 1.165) is 24.9 Å². The van der Waals surface area contributed by atoms with Crippen molar-refractivity contribution in [3.63, 3.8) is 0 Å². The minimum Gasteiger partial charge on any atom is -0.332 e. The summed E-state index contributed by atoms with van der Waals surface area (Å²) in [5.74, 6) is -0.0282. The van der Waals surface area contributed by atoms with Gasteiger partial charge in [-0.2, -0.15) is 0 Å². The lowest BCUT2D eigenvalue weighted by molar-refractivity contribution is -0.119. The molecule has 0 radical (unpaired) electrons. The van der Waals surface area contributed by atoms with Gasteiger partial charge in [0.25, 0.3) is 0 Å². The van der Waals surface area contributed by atoms with E-state index in [9.17, 15) is 4.79 Å². The number of nitrogens with one attached hydrogen (secondary N) is 2. The Hall–Kier alpha value is -1.42. The fourth-order valence-corrected chi connectivity index (χ4v) is 1.74. The van der Waals surface area contributed by atoms with Crippen LogP contribution in [0.1, 0.15) is 38.7 Å². The van der Waals surface area contributed by atoms with Gasteiger partial charge in [0.2, 0.25) is 5.91 Å². The summed E-state index contributed by atoms with van der Waals surface area (Å²) >= 11 is 5.08. The predicted molar refractivity (Wildman–Crippen MR) is 79.7 cm³/mol. The largest absolute Gasteiger partial charge is 0.332 e. The zero-order chi connectivity index (χ0) is 13.4. The molecule has 1 rings (SSSR count). The average molecular weight is 264 g/mol. The molecule has 0 atom stereocenters. The molecule has 4 heteroatoms. The molecule has 3 nitrogen and oxygen atoms in total. The van der Waals surface area contributed by atoms with Gasteiger partial charge in [0, 0.05) is 12.1 Å². The number of rotatable bonds is 5. The first-order chi connectivity index (χ1) is 8.65. The number of carbonyl (C=O) groups is 1. The lowest BCUT2D eigenvalue weighted by atomic mass is 10.1. The fourth-order valence-electron chi connectivity index (χ4n) is 1.51. The van der Waals surface area contributed by atoms with Gasteiger partial charge < -0.3 is 10.6 Å². The van der Waals surface area contributed by atoms with Crippen LogP contribution in [-0.4, -0.2) is 11.0 Å². The maximum absolute atomic E-state index is 11.5. The Labute approximate surface area is 114 Å². The quantitative estimate of drug-likeness (QED) is 0.802. The Bertz CT molecular complexity index is 401. The van der Waals surface area contributed by atoms with Crippen LogP contribution in [0, 0.1) is 0 Å². The van der Waals surface area contributed by atoms with Crippen LogP contribution in [-0.2, 0) is 11.2 Å². The molecule has 0 saturated heterocycles. The summed E-state index contributed by atoms with van der Waals surface area (Å²) in [7, 11) is 0. The maximum atomic E-state index is 11.5.